The zero-order valence-corrected chi connectivity index (χ0v) is 12.5. The zero-order chi connectivity index (χ0) is 14.9. The summed E-state index contributed by atoms with van der Waals surface area (Å²) in [5.41, 5.74) is 1.90. The first kappa shape index (κ1) is 13.1. The molecule has 7 nitrogen and oxygen atoms in total. The predicted molar refractivity (Wildman–Crippen MR) is 86.4 cm³/mol. The van der Waals surface area contributed by atoms with Gasteiger partial charge in [-0.05, 0) is 31.2 Å². The number of nitrogens with zero attached hydrogens (tertiary/aromatic N) is 3. The van der Waals surface area contributed by atoms with Crippen LogP contribution in [0.25, 0.3) is 11.0 Å². The Balaban J connectivity index is 1.61. The van der Waals surface area contributed by atoms with E-state index < -0.39 is 0 Å². The Bertz CT molecular complexity index is 784. The fraction of sp³-hybridized carbons (Fsp3) is 0.400. The standard InChI is InChI=1S/C15H19N7/c1-2-10-7-12(22-21-10)18-15-19-13-11(5-6-16-13)14(20-15)17-8-9-3-4-9/h5-7,9H,2-4,8H2,1H3,(H4,16,17,18,19,20,21,22). The van der Waals surface area contributed by atoms with E-state index in [1.165, 1.54) is 12.8 Å². The van der Waals surface area contributed by atoms with E-state index in [0.29, 0.717) is 5.95 Å². The van der Waals surface area contributed by atoms with Gasteiger partial charge in [0.05, 0.1) is 5.39 Å². The van der Waals surface area contributed by atoms with E-state index in [2.05, 4.69) is 42.7 Å². The molecule has 7 heteroatoms. The van der Waals surface area contributed by atoms with Crippen molar-refractivity contribution in [3.8, 4) is 0 Å². The van der Waals surface area contributed by atoms with Gasteiger partial charge in [-0.1, -0.05) is 6.92 Å². The van der Waals surface area contributed by atoms with Gasteiger partial charge in [0.15, 0.2) is 5.82 Å². The van der Waals surface area contributed by atoms with Gasteiger partial charge in [0.1, 0.15) is 11.5 Å². The second-order valence-corrected chi connectivity index (χ2v) is 5.72. The van der Waals surface area contributed by atoms with E-state index in [1.54, 1.807) is 0 Å². The van der Waals surface area contributed by atoms with Crippen LogP contribution in [0, 0.1) is 5.92 Å². The molecule has 1 aliphatic carbocycles. The van der Waals surface area contributed by atoms with Gasteiger partial charge >= 0.3 is 0 Å². The molecular weight excluding hydrogens is 278 g/mol. The molecule has 1 saturated carbocycles. The van der Waals surface area contributed by atoms with Crippen LogP contribution < -0.4 is 10.6 Å². The first-order valence-corrected chi connectivity index (χ1v) is 7.72. The van der Waals surface area contributed by atoms with Gasteiger partial charge in [0.2, 0.25) is 5.95 Å². The molecule has 4 N–H and O–H groups in total. The maximum Gasteiger partial charge on any atom is 0.232 e. The minimum absolute atomic E-state index is 0.544. The molecule has 22 heavy (non-hydrogen) atoms. The number of hydrogen-bond donors (Lipinski definition) is 4. The normalized spacial score (nSPS) is 14.4. The highest BCUT2D eigenvalue weighted by molar-refractivity contribution is 5.88. The molecule has 0 spiro atoms. The Hall–Kier alpha value is -2.57. The van der Waals surface area contributed by atoms with E-state index in [4.69, 9.17) is 0 Å². The van der Waals surface area contributed by atoms with E-state index >= 15 is 0 Å². The maximum atomic E-state index is 4.60. The van der Waals surface area contributed by atoms with Crippen molar-refractivity contribution >= 4 is 28.6 Å². The fourth-order valence-electron chi connectivity index (χ4n) is 2.42. The second kappa shape index (κ2) is 5.32. The summed E-state index contributed by atoms with van der Waals surface area (Å²) in [6.07, 6.45) is 5.42. The Morgan fingerprint density at radius 3 is 3.00 bits per heavy atom. The SMILES string of the molecule is CCc1cc(Nc2nc(NCC3CC3)c3cc[nH]c3n2)n[nH]1. The summed E-state index contributed by atoms with van der Waals surface area (Å²) in [5, 5.41) is 14.8. The Kier molecular flexibility index (Phi) is 3.17. The molecule has 0 aromatic carbocycles. The molecule has 0 unspecified atom stereocenters. The van der Waals surface area contributed by atoms with Crippen LogP contribution >= 0.6 is 0 Å². The Morgan fingerprint density at radius 2 is 2.23 bits per heavy atom. The molecule has 4 rings (SSSR count). The van der Waals surface area contributed by atoms with E-state index in [9.17, 15) is 0 Å². The Labute approximate surface area is 127 Å². The van der Waals surface area contributed by atoms with Gasteiger partial charge in [-0.3, -0.25) is 5.10 Å². The fourth-order valence-corrected chi connectivity index (χ4v) is 2.42. The molecule has 3 heterocycles. The van der Waals surface area contributed by atoms with Gasteiger partial charge in [0, 0.05) is 24.5 Å². The Morgan fingerprint density at radius 1 is 1.32 bits per heavy atom. The molecule has 3 aromatic rings. The summed E-state index contributed by atoms with van der Waals surface area (Å²) >= 11 is 0. The molecule has 1 fully saturated rings. The average Bonchev–Trinajstić information content (AvgIpc) is 3.04. The van der Waals surface area contributed by atoms with Crippen molar-refractivity contribution in [3.63, 3.8) is 0 Å². The van der Waals surface area contributed by atoms with Crippen LogP contribution in [0.1, 0.15) is 25.5 Å². The lowest BCUT2D eigenvalue weighted by atomic mass is 10.3. The highest BCUT2D eigenvalue weighted by Gasteiger charge is 2.21. The summed E-state index contributed by atoms with van der Waals surface area (Å²) < 4.78 is 0. The zero-order valence-electron chi connectivity index (χ0n) is 12.5. The van der Waals surface area contributed by atoms with Crippen LogP contribution in [-0.4, -0.2) is 31.7 Å². The molecule has 1 aliphatic rings. The van der Waals surface area contributed by atoms with Crippen LogP contribution in [-0.2, 0) is 6.42 Å². The first-order valence-electron chi connectivity index (χ1n) is 7.72. The lowest BCUT2D eigenvalue weighted by molar-refractivity contribution is 0.884. The van der Waals surface area contributed by atoms with Crippen LogP contribution in [0.2, 0.25) is 0 Å². The molecule has 114 valence electrons. The average molecular weight is 297 g/mol. The molecule has 0 atom stereocenters. The molecular formula is C15H19N7. The lowest BCUT2D eigenvalue weighted by Gasteiger charge is -2.08. The first-order chi connectivity index (χ1) is 10.8. The van der Waals surface area contributed by atoms with Crippen molar-refractivity contribution in [2.24, 2.45) is 5.92 Å². The van der Waals surface area contributed by atoms with Gasteiger partial charge in [0.25, 0.3) is 0 Å². The van der Waals surface area contributed by atoms with Gasteiger partial charge < -0.3 is 15.6 Å². The third kappa shape index (κ3) is 2.61. The maximum absolute atomic E-state index is 4.60. The van der Waals surface area contributed by atoms with Crippen molar-refractivity contribution in [1.29, 1.82) is 0 Å². The monoisotopic (exact) mass is 297 g/mol. The summed E-state index contributed by atoms with van der Waals surface area (Å²) in [7, 11) is 0. The van der Waals surface area contributed by atoms with Gasteiger partial charge in [-0.15, -0.1) is 0 Å². The molecule has 0 saturated heterocycles. The smallest absolute Gasteiger partial charge is 0.232 e. The van der Waals surface area contributed by atoms with Crippen LogP contribution in [0.5, 0.6) is 0 Å². The number of aryl methyl sites for hydroxylation is 1. The van der Waals surface area contributed by atoms with Crippen LogP contribution in [0.15, 0.2) is 18.3 Å². The molecule has 3 aromatic heterocycles. The minimum Gasteiger partial charge on any atom is -0.369 e. The summed E-state index contributed by atoms with van der Waals surface area (Å²) in [6, 6.07) is 3.97. The van der Waals surface area contributed by atoms with E-state index in [-0.39, 0.29) is 0 Å². The largest absolute Gasteiger partial charge is 0.369 e. The number of anilines is 3. The van der Waals surface area contributed by atoms with Crippen LogP contribution in [0.4, 0.5) is 17.6 Å². The summed E-state index contributed by atoms with van der Waals surface area (Å²) in [6.45, 7) is 3.05. The van der Waals surface area contributed by atoms with Crippen molar-refractivity contribution in [1.82, 2.24) is 25.1 Å². The molecule has 0 amide bonds. The van der Waals surface area contributed by atoms with E-state index in [0.717, 1.165) is 47.2 Å². The number of rotatable bonds is 6. The number of fused-ring (bicyclic) bond motifs is 1. The van der Waals surface area contributed by atoms with E-state index in [1.807, 2.05) is 18.3 Å². The molecule has 0 aliphatic heterocycles. The summed E-state index contributed by atoms with van der Waals surface area (Å²) in [4.78, 5) is 12.2. The minimum atomic E-state index is 0.544. The van der Waals surface area contributed by atoms with Crippen molar-refractivity contribution in [2.75, 3.05) is 17.2 Å². The number of hydrogen-bond acceptors (Lipinski definition) is 5. The third-order valence-corrected chi connectivity index (χ3v) is 3.92. The van der Waals surface area contributed by atoms with Crippen molar-refractivity contribution in [3.05, 3.63) is 24.0 Å². The highest BCUT2D eigenvalue weighted by atomic mass is 15.2. The van der Waals surface area contributed by atoms with Crippen LogP contribution in [0.3, 0.4) is 0 Å². The number of nitrogens with one attached hydrogen (secondary N) is 4. The third-order valence-electron chi connectivity index (χ3n) is 3.92. The predicted octanol–water partition coefficient (Wildman–Crippen LogP) is 2.81. The number of aromatic amines is 2. The van der Waals surface area contributed by atoms with Gasteiger partial charge in [-0.2, -0.15) is 15.1 Å². The van der Waals surface area contributed by atoms with Crippen molar-refractivity contribution in [2.45, 2.75) is 26.2 Å². The highest BCUT2D eigenvalue weighted by Crippen LogP contribution is 2.30. The summed E-state index contributed by atoms with van der Waals surface area (Å²) in [5.74, 6) is 2.93. The lowest BCUT2D eigenvalue weighted by Crippen LogP contribution is -2.07. The topological polar surface area (TPSA) is 94.3 Å². The molecule has 0 radical (unpaired) electrons. The van der Waals surface area contributed by atoms with Crippen molar-refractivity contribution < 1.29 is 0 Å². The quantitative estimate of drug-likeness (QED) is 0.561. The number of H-pyrrole nitrogens is 2. The second-order valence-electron chi connectivity index (χ2n) is 5.72. The molecule has 0 bridgehead atoms. The number of aromatic nitrogens is 5. The van der Waals surface area contributed by atoms with Gasteiger partial charge in [-0.25, -0.2) is 0 Å².